The van der Waals surface area contributed by atoms with Gasteiger partial charge in [-0.15, -0.1) is 0 Å². The summed E-state index contributed by atoms with van der Waals surface area (Å²) in [5, 5.41) is 23.7. The summed E-state index contributed by atoms with van der Waals surface area (Å²) in [4.78, 5) is 17.3. The van der Waals surface area contributed by atoms with Gasteiger partial charge in [0.15, 0.2) is 6.29 Å². The second-order valence-electron chi connectivity index (χ2n) is 20.2. The fourth-order valence-corrected chi connectivity index (χ4v) is 15.3. The van der Waals surface area contributed by atoms with Gasteiger partial charge in [0.25, 0.3) is 0 Å². The van der Waals surface area contributed by atoms with Gasteiger partial charge in [0, 0.05) is 31.7 Å². The monoisotopic (exact) mass is 715 g/mol. The van der Waals surface area contributed by atoms with Crippen molar-refractivity contribution in [2.75, 3.05) is 39.4 Å². The highest BCUT2D eigenvalue weighted by molar-refractivity contribution is 5.84. The van der Waals surface area contributed by atoms with Gasteiger partial charge in [-0.25, -0.2) is 0 Å². The molecule has 290 valence electrons. The van der Waals surface area contributed by atoms with Gasteiger partial charge in [-0.2, -0.15) is 0 Å². The fourth-order valence-electron chi connectivity index (χ4n) is 15.3. The second kappa shape index (κ2) is 12.3. The summed E-state index contributed by atoms with van der Waals surface area (Å²) in [6, 6.07) is -0.0378. The van der Waals surface area contributed by atoms with Crippen molar-refractivity contribution in [2.24, 2.45) is 50.7 Å². The summed E-state index contributed by atoms with van der Waals surface area (Å²) < 4.78 is 26.3. The molecule has 3 heterocycles. The quantitative estimate of drug-likeness (QED) is 0.334. The van der Waals surface area contributed by atoms with Crippen molar-refractivity contribution < 1.29 is 34.0 Å². The van der Waals surface area contributed by atoms with Gasteiger partial charge in [-0.3, -0.25) is 9.69 Å². The number of aliphatic hydroxyl groups is 2. The summed E-state index contributed by atoms with van der Waals surface area (Å²) >= 11 is 0. The zero-order chi connectivity index (χ0) is 36.5. The number of fused-ring (bicyclic) bond motifs is 4. The molecule has 0 radical (unpaired) electrons. The maximum Gasteiger partial charge on any atom is 0.239 e. The number of carbonyl (C=O) groups excluding carboxylic acids is 1. The summed E-state index contributed by atoms with van der Waals surface area (Å²) in [6.07, 6.45) is 8.41. The molecule has 0 aromatic heterocycles. The number of aliphatic hydroxyl groups excluding tert-OH is 1. The highest BCUT2D eigenvalue weighted by Crippen LogP contribution is 2.89. The number of morpholine rings is 1. The molecule has 51 heavy (non-hydrogen) atoms. The Morgan fingerprint density at radius 3 is 2.41 bits per heavy atom. The molecule has 2 N–H and O–H groups in total. The van der Waals surface area contributed by atoms with E-state index in [2.05, 4.69) is 46.4 Å². The van der Waals surface area contributed by atoms with Crippen LogP contribution in [0.5, 0.6) is 0 Å². The Labute approximate surface area is 307 Å². The van der Waals surface area contributed by atoms with Crippen molar-refractivity contribution >= 4 is 5.91 Å². The molecule has 5 saturated carbocycles. The first-order valence-electron chi connectivity index (χ1n) is 21.0. The number of hydrogen-bond donors (Lipinski definition) is 2. The van der Waals surface area contributed by atoms with E-state index in [-0.39, 0.29) is 58.2 Å². The van der Waals surface area contributed by atoms with Gasteiger partial charge in [-0.05, 0) is 131 Å². The molecule has 8 rings (SSSR count). The number of likely N-dealkylation sites (tertiary alicyclic amines) is 1. The van der Waals surface area contributed by atoms with Gasteiger partial charge in [0.1, 0.15) is 6.10 Å². The molecule has 15 atom stereocenters. The molecular formula is C42H70N2O7. The molecular weight excluding hydrogens is 644 g/mol. The molecule has 5 aliphatic carbocycles. The van der Waals surface area contributed by atoms with Gasteiger partial charge in [0.2, 0.25) is 5.91 Å². The number of likely N-dealkylation sites (N-methyl/N-ethyl adjacent to an activating group) is 1. The predicted molar refractivity (Wildman–Crippen MR) is 195 cm³/mol. The van der Waals surface area contributed by atoms with E-state index < -0.39 is 17.8 Å². The average Bonchev–Trinajstić information content (AvgIpc) is 3.53. The third kappa shape index (κ3) is 5.06. The average molecular weight is 715 g/mol. The number of ether oxygens (including phenoxy) is 4. The Kier molecular flexibility index (Phi) is 8.99. The first-order chi connectivity index (χ1) is 24.0. The first-order valence-corrected chi connectivity index (χ1v) is 21.0. The van der Waals surface area contributed by atoms with Crippen LogP contribution in [-0.4, -0.2) is 114 Å². The van der Waals surface area contributed by atoms with Crippen molar-refractivity contribution in [3.05, 3.63) is 0 Å². The molecule has 0 aromatic carbocycles. The van der Waals surface area contributed by atoms with Crippen LogP contribution in [0.15, 0.2) is 0 Å². The minimum absolute atomic E-state index is 0.00126. The highest BCUT2D eigenvalue weighted by Gasteiger charge is 2.84. The first kappa shape index (κ1) is 37.1. The van der Waals surface area contributed by atoms with Gasteiger partial charge < -0.3 is 34.1 Å². The number of hydrogen-bond acceptors (Lipinski definition) is 8. The molecule has 0 bridgehead atoms. The second-order valence-corrected chi connectivity index (χ2v) is 20.2. The van der Waals surface area contributed by atoms with E-state index in [1.807, 2.05) is 25.7 Å². The van der Waals surface area contributed by atoms with Crippen LogP contribution in [0.25, 0.3) is 0 Å². The fraction of sp³-hybridized carbons (Fsp3) is 0.976. The normalized spacial score (nSPS) is 51.3. The smallest absolute Gasteiger partial charge is 0.239 e. The van der Waals surface area contributed by atoms with E-state index in [9.17, 15) is 15.0 Å². The van der Waals surface area contributed by atoms with E-state index in [1.165, 1.54) is 25.7 Å². The Morgan fingerprint density at radius 2 is 1.73 bits per heavy atom. The van der Waals surface area contributed by atoms with Crippen LogP contribution >= 0.6 is 0 Å². The maximum absolute atomic E-state index is 13.0. The number of carbonyl (C=O) groups is 1. The summed E-state index contributed by atoms with van der Waals surface area (Å²) in [7, 11) is 0. The molecule has 3 unspecified atom stereocenters. The van der Waals surface area contributed by atoms with E-state index in [0.29, 0.717) is 48.8 Å². The van der Waals surface area contributed by atoms with Crippen LogP contribution in [0, 0.1) is 50.7 Å². The van der Waals surface area contributed by atoms with Crippen LogP contribution in [0.1, 0.15) is 120 Å². The Morgan fingerprint density at radius 1 is 1.00 bits per heavy atom. The maximum atomic E-state index is 13.0. The van der Waals surface area contributed by atoms with Crippen molar-refractivity contribution in [1.82, 2.24) is 9.80 Å². The van der Waals surface area contributed by atoms with Crippen molar-refractivity contribution in [2.45, 2.75) is 169 Å². The molecule has 3 aliphatic heterocycles. The highest BCUT2D eigenvalue weighted by atomic mass is 16.7. The van der Waals surface area contributed by atoms with Gasteiger partial charge in [-0.1, -0.05) is 34.6 Å². The molecule has 3 saturated heterocycles. The minimum Gasteiger partial charge on any atom is -0.390 e. The van der Waals surface area contributed by atoms with Crippen LogP contribution in [0.4, 0.5) is 0 Å². The van der Waals surface area contributed by atoms with Crippen LogP contribution in [0.3, 0.4) is 0 Å². The standard InChI is InChI=1S/C42H70N2O7/c1-10-43-19-15-26(36(43)46)44-20-21-49-31(23-44)51-30-14-16-41-24-42(41)18-17-39(8)32-25(3)22-27(35(48-11-2)38(6,7)47)50-33(32)34(45)40(39,9)29(42)13-12-28(41)37(30,4)5/h25-35,45,47H,10-24H2,1-9H3/t25-,26+,27?,28+,29?,30+,31+,32+,33?,34+,35+,39-,40-,41-,42+/m1/s1. The van der Waals surface area contributed by atoms with E-state index in [1.54, 1.807) is 0 Å². The lowest BCUT2D eigenvalue weighted by molar-refractivity contribution is -0.250. The third-order valence-electron chi connectivity index (χ3n) is 17.6. The van der Waals surface area contributed by atoms with Crippen molar-refractivity contribution in [3.8, 4) is 0 Å². The molecule has 8 aliphatic rings. The van der Waals surface area contributed by atoms with Crippen LogP contribution < -0.4 is 0 Å². The lowest BCUT2D eigenvalue weighted by atomic mass is 9.41. The number of amides is 1. The zero-order valence-electron chi connectivity index (χ0n) is 33.3. The topological polar surface area (TPSA) is 101 Å². The third-order valence-corrected chi connectivity index (χ3v) is 17.6. The van der Waals surface area contributed by atoms with Crippen LogP contribution in [-0.2, 0) is 23.7 Å². The Bertz CT molecular complexity index is 1350. The number of nitrogens with zero attached hydrogens (tertiary/aromatic N) is 2. The summed E-state index contributed by atoms with van der Waals surface area (Å²) in [6.45, 7) is 24.2. The lowest BCUT2D eigenvalue weighted by Gasteiger charge is -2.64. The Balaban J connectivity index is 0.998. The van der Waals surface area contributed by atoms with E-state index >= 15 is 0 Å². The molecule has 8 fully saturated rings. The van der Waals surface area contributed by atoms with Gasteiger partial charge >= 0.3 is 0 Å². The van der Waals surface area contributed by atoms with E-state index in [0.717, 1.165) is 51.7 Å². The largest absolute Gasteiger partial charge is 0.390 e. The van der Waals surface area contributed by atoms with Crippen molar-refractivity contribution in [3.63, 3.8) is 0 Å². The molecule has 0 aromatic rings. The SMILES string of the molecule is CCO[C@@H](C1C[C@@H](C)[C@H]2C(O1)[C@H](O)[C@@]1(C)C3CC[C@H]4C(C)(C)[C@@H](O[C@H]5CN([C@H]6CCN(CC)C6=O)CCO5)CC[C@@]45C[C@@]35CC[C@]21C)C(C)(C)O. The number of rotatable bonds is 8. The molecule has 1 amide bonds. The minimum atomic E-state index is -1.02. The lowest BCUT2D eigenvalue weighted by Crippen LogP contribution is -2.60. The summed E-state index contributed by atoms with van der Waals surface area (Å²) in [5.41, 5.74) is -0.651. The molecule has 9 nitrogen and oxygen atoms in total. The van der Waals surface area contributed by atoms with E-state index in [4.69, 9.17) is 18.9 Å². The molecule has 9 heteroatoms. The predicted octanol–water partition coefficient (Wildman–Crippen LogP) is 5.64. The van der Waals surface area contributed by atoms with Crippen molar-refractivity contribution in [1.29, 1.82) is 0 Å². The Hall–Kier alpha value is -0.810. The summed E-state index contributed by atoms with van der Waals surface area (Å²) in [5.74, 6) is 1.99. The zero-order valence-corrected chi connectivity index (χ0v) is 33.3. The molecule has 2 spiro atoms. The van der Waals surface area contributed by atoms with Gasteiger partial charge in [0.05, 0.1) is 49.2 Å². The van der Waals surface area contributed by atoms with Crippen LogP contribution in [0.2, 0.25) is 0 Å².